The summed E-state index contributed by atoms with van der Waals surface area (Å²) in [4.78, 5) is 14.3. The van der Waals surface area contributed by atoms with Gasteiger partial charge in [-0.25, -0.2) is 9.97 Å². The Labute approximate surface area is 136 Å². The van der Waals surface area contributed by atoms with Crippen LogP contribution in [0.2, 0.25) is 0 Å². The van der Waals surface area contributed by atoms with Gasteiger partial charge in [0.15, 0.2) is 0 Å². The van der Waals surface area contributed by atoms with Crippen LogP contribution in [-0.4, -0.2) is 47.1 Å². The fourth-order valence-electron chi connectivity index (χ4n) is 3.91. The molecule has 2 aromatic rings. The Morgan fingerprint density at radius 2 is 1.95 bits per heavy atom. The summed E-state index contributed by atoms with van der Waals surface area (Å²) in [5, 5.41) is 2.20. The predicted octanol–water partition coefficient (Wildman–Crippen LogP) is 3.45. The number of thiophene rings is 1. The number of hydrogen-bond acceptors (Lipinski definition) is 5. The second-order valence-electron chi connectivity index (χ2n) is 6.63. The molecule has 0 aromatic carbocycles. The summed E-state index contributed by atoms with van der Waals surface area (Å²) in [5.74, 6) is 1.16. The molecule has 0 N–H and O–H groups in total. The van der Waals surface area contributed by atoms with Crippen molar-refractivity contribution in [1.29, 1.82) is 0 Å². The van der Waals surface area contributed by atoms with Crippen LogP contribution in [0, 0.1) is 6.92 Å². The lowest BCUT2D eigenvalue weighted by atomic mass is 10.0. The van der Waals surface area contributed by atoms with Gasteiger partial charge in [0.1, 0.15) is 12.1 Å². The van der Waals surface area contributed by atoms with Gasteiger partial charge < -0.3 is 4.90 Å². The number of rotatable bonds is 2. The Balaban J connectivity index is 1.58. The number of likely N-dealkylation sites (tertiary alicyclic amines) is 1. The van der Waals surface area contributed by atoms with Crippen molar-refractivity contribution in [3.63, 3.8) is 0 Å². The van der Waals surface area contributed by atoms with Crippen LogP contribution in [-0.2, 0) is 0 Å². The smallest absolute Gasteiger partial charge is 0.150 e. The van der Waals surface area contributed by atoms with E-state index >= 15 is 0 Å². The molecule has 0 radical (unpaired) electrons. The monoisotopic (exact) mass is 316 g/mol. The molecular weight excluding hydrogens is 292 g/mol. The summed E-state index contributed by atoms with van der Waals surface area (Å²) in [6.07, 6.45) is 8.51. The quantitative estimate of drug-likeness (QED) is 0.849. The van der Waals surface area contributed by atoms with Gasteiger partial charge in [0.25, 0.3) is 0 Å². The molecule has 5 heteroatoms. The van der Waals surface area contributed by atoms with Gasteiger partial charge in [0.2, 0.25) is 0 Å². The second kappa shape index (κ2) is 6.13. The number of aryl methyl sites for hydroxylation is 1. The third kappa shape index (κ3) is 2.61. The van der Waals surface area contributed by atoms with E-state index in [9.17, 15) is 0 Å². The van der Waals surface area contributed by atoms with E-state index in [4.69, 9.17) is 0 Å². The van der Waals surface area contributed by atoms with Gasteiger partial charge in [-0.2, -0.15) is 0 Å². The van der Waals surface area contributed by atoms with E-state index in [1.54, 1.807) is 17.7 Å². The Kier molecular flexibility index (Phi) is 4.01. The van der Waals surface area contributed by atoms with Gasteiger partial charge in [-0.15, -0.1) is 11.3 Å². The highest BCUT2D eigenvalue weighted by molar-refractivity contribution is 7.18. The maximum absolute atomic E-state index is 4.63. The fraction of sp³-hybridized carbons (Fsp3) is 0.647. The maximum Gasteiger partial charge on any atom is 0.150 e. The van der Waals surface area contributed by atoms with E-state index in [2.05, 4.69) is 32.1 Å². The molecule has 4 nitrogen and oxygen atoms in total. The number of piperidine rings is 2. The molecule has 118 valence electrons. The zero-order valence-corrected chi connectivity index (χ0v) is 14.1. The maximum atomic E-state index is 4.63. The van der Waals surface area contributed by atoms with Crippen LogP contribution in [0.4, 0.5) is 5.82 Å². The summed E-state index contributed by atoms with van der Waals surface area (Å²) >= 11 is 1.79. The van der Waals surface area contributed by atoms with E-state index in [1.807, 2.05) is 0 Å². The van der Waals surface area contributed by atoms with Crippen molar-refractivity contribution in [2.75, 3.05) is 31.1 Å². The number of hydrogen-bond donors (Lipinski definition) is 0. The van der Waals surface area contributed by atoms with E-state index in [1.165, 1.54) is 55.5 Å². The van der Waals surface area contributed by atoms with Crippen LogP contribution in [0.1, 0.15) is 37.7 Å². The van der Waals surface area contributed by atoms with Crippen molar-refractivity contribution in [2.24, 2.45) is 0 Å². The van der Waals surface area contributed by atoms with Crippen LogP contribution >= 0.6 is 11.3 Å². The summed E-state index contributed by atoms with van der Waals surface area (Å²) < 4.78 is 1.26. The van der Waals surface area contributed by atoms with Crippen LogP contribution in [0.15, 0.2) is 11.7 Å². The minimum atomic E-state index is 0.708. The van der Waals surface area contributed by atoms with Crippen molar-refractivity contribution in [2.45, 2.75) is 45.1 Å². The van der Waals surface area contributed by atoms with Gasteiger partial charge >= 0.3 is 0 Å². The van der Waals surface area contributed by atoms with E-state index in [0.717, 1.165) is 24.4 Å². The first-order valence-corrected chi connectivity index (χ1v) is 9.38. The van der Waals surface area contributed by atoms with Gasteiger partial charge in [-0.1, -0.05) is 6.42 Å². The molecule has 2 saturated heterocycles. The van der Waals surface area contributed by atoms with Crippen molar-refractivity contribution >= 4 is 27.4 Å². The molecule has 4 heterocycles. The standard InChI is InChI=1S/C17H24N4S/c1-13-11-22-16-15(13)18-12-19-17(16)21-9-5-6-14(10-21)20-7-3-2-4-8-20/h11-12,14H,2-10H2,1H3/t14-/m1/s1. The molecule has 0 spiro atoms. The van der Waals surface area contributed by atoms with Gasteiger partial charge in [-0.05, 0) is 56.6 Å². The SMILES string of the molecule is Cc1csc2c(N3CCC[C@@H](N4CCCCC4)C3)ncnc12. The Morgan fingerprint density at radius 3 is 2.82 bits per heavy atom. The molecule has 0 bridgehead atoms. The highest BCUT2D eigenvalue weighted by Gasteiger charge is 2.28. The van der Waals surface area contributed by atoms with Crippen molar-refractivity contribution in [1.82, 2.24) is 14.9 Å². The minimum absolute atomic E-state index is 0.708. The molecule has 0 amide bonds. The fourth-order valence-corrected chi connectivity index (χ4v) is 4.93. The van der Waals surface area contributed by atoms with Crippen molar-refractivity contribution < 1.29 is 0 Å². The van der Waals surface area contributed by atoms with Gasteiger partial charge in [-0.3, -0.25) is 4.90 Å². The normalized spacial score (nSPS) is 24.0. The van der Waals surface area contributed by atoms with Crippen LogP contribution in [0.3, 0.4) is 0 Å². The van der Waals surface area contributed by atoms with Crippen molar-refractivity contribution in [3.05, 3.63) is 17.3 Å². The molecule has 1 atom stereocenters. The van der Waals surface area contributed by atoms with Crippen LogP contribution in [0.5, 0.6) is 0 Å². The molecule has 0 saturated carbocycles. The summed E-state index contributed by atoms with van der Waals surface area (Å²) in [7, 11) is 0. The Hall–Kier alpha value is -1.20. The lowest BCUT2D eigenvalue weighted by Crippen LogP contribution is -2.49. The van der Waals surface area contributed by atoms with Crippen LogP contribution in [0.25, 0.3) is 10.2 Å². The number of aromatic nitrogens is 2. The molecule has 2 fully saturated rings. The number of anilines is 1. The van der Waals surface area contributed by atoms with Gasteiger partial charge in [0.05, 0.1) is 10.2 Å². The van der Waals surface area contributed by atoms with Crippen molar-refractivity contribution in [3.8, 4) is 0 Å². The zero-order chi connectivity index (χ0) is 14.9. The average Bonchev–Trinajstić information content (AvgIpc) is 2.97. The summed E-state index contributed by atoms with van der Waals surface area (Å²) in [6, 6.07) is 0.708. The zero-order valence-electron chi connectivity index (χ0n) is 13.3. The van der Waals surface area contributed by atoms with E-state index in [0.29, 0.717) is 6.04 Å². The highest BCUT2D eigenvalue weighted by Crippen LogP contribution is 2.33. The molecule has 22 heavy (non-hydrogen) atoms. The summed E-state index contributed by atoms with van der Waals surface area (Å²) in [5.41, 5.74) is 2.41. The Morgan fingerprint density at radius 1 is 1.09 bits per heavy atom. The lowest BCUT2D eigenvalue weighted by Gasteiger charge is -2.41. The highest BCUT2D eigenvalue weighted by atomic mass is 32.1. The van der Waals surface area contributed by atoms with E-state index in [-0.39, 0.29) is 0 Å². The van der Waals surface area contributed by atoms with Gasteiger partial charge in [0, 0.05) is 19.1 Å². The molecule has 0 aliphatic carbocycles. The molecule has 2 aliphatic heterocycles. The molecular formula is C17H24N4S. The molecule has 0 unspecified atom stereocenters. The molecule has 2 aliphatic rings. The second-order valence-corrected chi connectivity index (χ2v) is 7.51. The largest absolute Gasteiger partial charge is 0.354 e. The predicted molar refractivity (Wildman–Crippen MR) is 92.8 cm³/mol. The average molecular weight is 316 g/mol. The molecule has 4 rings (SSSR count). The van der Waals surface area contributed by atoms with E-state index < -0.39 is 0 Å². The first kappa shape index (κ1) is 14.4. The molecule has 2 aromatic heterocycles. The number of nitrogens with zero attached hydrogens (tertiary/aromatic N) is 4. The first-order valence-electron chi connectivity index (χ1n) is 8.51. The summed E-state index contributed by atoms with van der Waals surface area (Å²) in [6.45, 7) is 6.98. The lowest BCUT2D eigenvalue weighted by molar-refractivity contribution is 0.147. The topological polar surface area (TPSA) is 32.3 Å². The third-order valence-electron chi connectivity index (χ3n) is 5.12. The number of fused-ring (bicyclic) bond motifs is 1. The minimum Gasteiger partial charge on any atom is -0.354 e. The first-order chi connectivity index (χ1) is 10.8. The Bertz CT molecular complexity index is 647. The third-order valence-corrected chi connectivity index (χ3v) is 6.20. The van der Waals surface area contributed by atoms with Crippen LogP contribution < -0.4 is 4.90 Å².